The van der Waals surface area contributed by atoms with E-state index in [9.17, 15) is 5.11 Å². The molecule has 106 valence electrons. The summed E-state index contributed by atoms with van der Waals surface area (Å²) in [7, 11) is 0. The third-order valence-electron chi connectivity index (χ3n) is 5.01. The molecule has 0 aromatic rings. The molecule has 3 N–H and O–H groups in total. The van der Waals surface area contributed by atoms with E-state index >= 15 is 0 Å². The highest BCUT2D eigenvalue weighted by molar-refractivity contribution is 4.89. The third-order valence-corrected chi connectivity index (χ3v) is 5.01. The van der Waals surface area contributed by atoms with Crippen LogP contribution in [0, 0.1) is 5.92 Å². The van der Waals surface area contributed by atoms with E-state index < -0.39 is 5.72 Å². The molecule has 18 heavy (non-hydrogen) atoms. The molecule has 1 aliphatic heterocycles. The molecule has 3 nitrogen and oxygen atoms in total. The zero-order chi connectivity index (χ0) is 13.0. The van der Waals surface area contributed by atoms with Crippen molar-refractivity contribution in [3.8, 4) is 0 Å². The summed E-state index contributed by atoms with van der Waals surface area (Å²) in [4.78, 5) is 2.20. The van der Waals surface area contributed by atoms with Gasteiger partial charge in [-0.3, -0.25) is 4.90 Å². The van der Waals surface area contributed by atoms with Crippen molar-refractivity contribution in [3.63, 3.8) is 0 Å². The van der Waals surface area contributed by atoms with Crippen LogP contribution < -0.4 is 5.73 Å². The first-order chi connectivity index (χ1) is 8.60. The van der Waals surface area contributed by atoms with Gasteiger partial charge in [-0.2, -0.15) is 0 Å². The van der Waals surface area contributed by atoms with E-state index in [0.29, 0.717) is 0 Å². The van der Waals surface area contributed by atoms with Crippen molar-refractivity contribution in [2.45, 2.75) is 76.5 Å². The smallest absolute Gasteiger partial charge is 0.130 e. The minimum atomic E-state index is -0.808. The molecule has 0 spiro atoms. The first-order valence-electron chi connectivity index (χ1n) is 7.83. The predicted octanol–water partition coefficient (Wildman–Crippen LogP) is 2.48. The first kappa shape index (κ1) is 14.3. The number of hydrogen-bond acceptors (Lipinski definition) is 3. The quantitative estimate of drug-likeness (QED) is 0.810. The van der Waals surface area contributed by atoms with Gasteiger partial charge >= 0.3 is 0 Å². The highest BCUT2D eigenvalue weighted by Gasteiger charge is 2.37. The van der Waals surface area contributed by atoms with Crippen LogP contribution in [0.3, 0.4) is 0 Å². The van der Waals surface area contributed by atoms with Crippen molar-refractivity contribution in [1.82, 2.24) is 4.90 Å². The van der Waals surface area contributed by atoms with Gasteiger partial charge in [0.15, 0.2) is 0 Å². The number of nitrogens with two attached hydrogens (primary N) is 1. The van der Waals surface area contributed by atoms with Crippen molar-refractivity contribution in [1.29, 1.82) is 0 Å². The van der Waals surface area contributed by atoms with Gasteiger partial charge in [-0.05, 0) is 32.1 Å². The maximum absolute atomic E-state index is 10.7. The van der Waals surface area contributed by atoms with Crippen molar-refractivity contribution >= 4 is 0 Å². The summed E-state index contributed by atoms with van der Waals surface area (Å²) in [5.41, 5.74) is 5.51. The van der Waals surface area contributed by atoms with Gasteiger partial charge in [-0.25, -0.2) is 0 Å². The van der Waals surface area contributed by atoms with Crippen LogP contribution >= 0.6 is 0 Å². The number of rotatable bonds is 4. The minimum Gasteiger partial charge on any atom is -0.374 e. The minimum absolute atomic E-state index is 0.0984. The number of likely N-dealkylation sites (tertiary alicyclic amines) is 1. The molecule has 0 aromatic heterocycles. The summed E-state index contributed by atoms with van der Waals surface area (Å²) in [5.74, 6) is 0.741. The van der Waals surface area contributed by atoms with E-state index in [0.717, 1.165) is 25.4 Å². The van der Waals surface area contributed by atoms with Crippen LogP contribution in [-0.4, -0.2) is 34.9 Å². The topological polar surface area (TPSA) is 49.5 Å². The van der Waals surface area contributed by atoms with Crippen LogP contribution in [0.1, 0.15) is 64.7 Å². The first-order valence-corrected chi connectivity index (χ1v) is 7.83. The van der Waals surface area contributed by atoms with Gasteiger partial charge in [0.05, 0.1) is 0 Å². The van der Waals surface area contributed by atoms with E-state index in [1.54, 1.807) is 0 Å². The van der Waals surface area contributed by atoms with Gasteiger partial charge in [-0.15, -0.1) is 0 Å². The molecule has 0 bridgehead atoms. The summed E-state index contributed by atoms with van der Waals surface area (Å²) >= 11 is 0. The van der Waals surface area contributed by atoms with Gasteiger partial charge in [0.25, 0.3) is 0 Å². The molecule has 2 fully saturated rings. The highest BCUT2D eigenvalue weighted by Crippen LogP contribution is 2.31. The van der Waals surface area contributed by atoms with Crippen LogP contribution in [0.25, 0.3) is 0 Å². The Labute approximate surface area is 112 Å². The Bertz CT molecular complexity index is 243. The van der Waals surface area contributed by atoms with E-state index in [1.807, 2.05) is 6.92 Å². The number of piperidine rings is 1. The van der Waals surface area contributed by atoms with Gasteiger partial charge in [-0.1, -0.05) is 38.5 Å². The lowest BCUT2D eigenvalue weighted by Crippen LogP contribution is -2.59. The lowest BCUT2D eigenvalue weighted by atomic mass is 9.82. The maximum Gasteiger partial charge on any atom is 0.130 e. The zero-order valence-electron chi connectivity index (χ0n) is 11.9. The van der Waals surface area contributed by atoms with Gasteiger partial charge in [0.2, 0.25) is 0 Å². The Hall–Kier alpha value is -0.120. The number of hydrogen-bond donors (Lipinski definition) is 2. The summed E-state index contributed by atoms with van der Waals surface area (Å²) in [6.45, 7) is 3.93. The van der Waals surface area contributed by atoms with Crippen molar-refractivity contribution in [2.24, 2.45) is 11.7 Å². The Morgan fingerprint density at radius 1 is 1.11 bits per heavy atom. The average Bonchev–Trinajstić information content (AvgIpc) is 2.41. The van der Waals surface area contributed by atoms with E-state index in [1.165, 1.54) is 51.4 Å². The van der Waals surface area contributed by atoms with Crippen LogP contribution in [-0.2, 0) is 0 Å². The molecular weight excluding hydrogens is 224 g/mol. The van der Waals surface area contributed by atoms with Crippen LogP contribution in [0.15, 0.2) is 0 Å². The van der Waals surface area contributed by atoms with Crippen molar-refractivity contribution in [2.75, 3.05) is 13.1 Å². The van der Waals surface area contributed by atoms with Crippen molar-refractivity contribution in [3.05, 3.63) is 0 Å². The fourth-order valence-electron chi connectivity index (χ4n) is 3.59. The summed E-state index contributed by atoms with van der Waals surface area (Å²) in [6, 6.07) is -0.0984. The molecule has 1 heterocycles. The summed E-state index contributed by atoms with van der Waals surface area (Å²) in [6.07, 6.45) is 11.4. The second-order valence-electron chi connectivity index (χ2n) is 6.49. The Kier molecular flexibility index (Phi) is 5.05. The number of nitrogens with zero attached hydrogens (tertiary/aromatic N) is 1. The van der Waals surface area contributed by atoms with E-state index in [4.69, 9.17) is 5.73 Å². The molecule has 0 amide bonds. The highest BCUT2D eigenvalue weighted by atomic mass is 16.3. The molecule has 0 radical (unpaired) electrons. The fraction of sp³-hybridized carbons (Fsp3) is 1.00. The number of aliphatic hydroxyl groups is 1. The van der Waals surface area contributed by atoms with Gasteiger partial charge < -0.3 is 10.8 Å². The zero-order valence-corrected chi connectivity index (χ0v) is 11.9. The molecule has 1 aliphatic carbocycles. The molecular formula is C15H30N2O. The average molecular weight is 254 g/mol. The maximum atomic E-state index is 10.7. The van der Waals surface area contributed by atoms with Crippen molar-refractivity contribution < 1.29 is 5.11 Å². The second-order valence-corrected chi connectivity index (χ2v) is 6.49. The molecule has 3 heteroatoms. The van der Waals surface area contributed by atoms with Crippen LogP contribution in [0.5, 0.6) is 0 Å². The largest absolute Gasteiger partial charge is 0.374 e. The molecule has 1 saturated heterocycles. The van der Waals surface area contributed by atoms with Crippen LogP contribution in [0.4, 0.5) is 0 Å². The normalized spacial score (nSPS) is 28.8. The predicted molar refractivity (Wildman–Crippen MR) is 75.2 cm³/mol. The van der Waals surface area contributed by atoms with Gasteiger partial charge in [0.1, 0.15) is 5.72 Å². The third kappa shape index (κ3) is 3.46. The summed E-state index contributed by atoms with van der Waals surface area (Å²) in [5, 5.41) is 10.7. The van der Waals surface area contributed by atoms with E-state index in [-0.39, 0.29) is 6.04 Å². The Balaban J connectivity index is 1.86. The molecule has 1 unspecified atom stereocenters. The SMILES string of the molecule is CC(O)([C@@H](N)CC1CCCCC1)N1CCCCC1. The fourth-order valence-corrected chi connectivity index (χ4v) is 3.59. The van der Waals surface area contributed by atoms with Gasteiger partial charge in [0, 0.05) is 19.1 Å². The molecule has 2 rings (SSSR count). The molecule has 0 aromatic carbocycles. The Morgan fingerprint density at radius 2 is 1.67 bits per heavy atom. The lowest BCUT2D eigenvalue weighted by molar-refractivity contribution is -0.122. The van der Waals surface area contributed by atoms with Crippen LogP contribution in [0.2, 0.25) is 0 Å². The molecule has 1 saturated carbocycles. The standard InChI is InChI=1S/C15H30N2O/c1-15(18,17-10-6-3-7-11-17)14(16)12-13-8-4-2-5-9-13/h13-14,18H,2-12,16H2,1H3/t14-,15?/m0/s1. The molecule has 2 aliphatic rings. The monoisotopic (exact) mass is 254 g/mol. The van der Waals surface area contributed by atoms with E-state index in [2.05, 4.69) is 4.90 Å². The summed E-state index contributed by atoms with van der Waals surface area (Å²) < 4.78 is 0. The Morgan fingerprint density at radius 3 is 2.28 bits per heavy atom. The lowest BCUT2D eigenvalue weighted by Gasteiger charge is -2.44. The second kappa shape index (κ2) is 6.36. The molecule has 2 atom stereocenters.